The van der Waals surface area contributed by atoms with Crippen LogP contribution in [0, 0.1) is 0 Å². The summed E-state index contributed by atoms with van der Waals surface area (Å²) in [5.41, 5.74) is -1.23. The van der Waals surface area contributed by atoms with Crippen molar-refractivity contribution >= 4 is 12.1 Å². The van der Waals surface area contributed by atoms with Crippen LogP contribution in [-0.2, 0) is 15.7 Å². The molecular weight excluding hydrogens is 365 g/mol. The molecule has 6 nitrogen and oxygen atoms in total. The summed E-state index contributed by atoms with van der Waals surface area (Å²) in [6.07, 6.45) is -4.96. The molecule has 9 heteroatoms. The predicted molar refractivity (Wildman–Crippen MR) is 87.7 cm³/mol. The quantitative estimate of drug-likeness (QED) is 0.825. The Kier molecular flexibility index (Phi) is 6.04. The zero-order valence-electron chi connectivity index (χ0n) is 15.4. The molecule has 1 aliphatic heterocycles. The lowest BCUT2D eigenvalue weighted by atomic mass is 10.0. The number of piperazine rings is 1. The van der Waals surface area contributed by atoms with E-state index >= 15 is 0 Å². The van der Waals surface area contributed by atoms with Gasteiger partial charge in [0.1, 0.15) is 11.6 Å². The summed E-state index contributed by atoms with van der Waals surface area (Å²) in [6, 6.07) is 2.95. The molecule has 1 heterocycles. The van der Waals surface area contributed by atoms with E-state index in [4.69, 9.17) is 4.74 Å². The van der Waals surface area contributed by atoms with Crippen LogP contribution >= 0.6 is 0 Å². The highest BCUT2D eigenvalue weighted by molar-refractivity contribution is 5.72. The summed E-state index contributed by atoms with van der Waals surface area (Å²) in [5.74, 6) is -1.37. The summed E-state index contributed by atoms with van der Waals surface area (Å²) in [5, 5.41) is 11.6. The first-order valence-electron chi connectivity index (χ1n) is 8.59. The van der Waals surface area contributed by atoms with Gasteiger partial charge in [0.2, 0.25) is 0 Å². The third-order valence-electron chi connectivity index (χ3n) is 4.27. The van der Waals surface area contributed by atoms with Crippen molar-refractivity contribution in [2.24, 2.45) is 0 Å². The third kappa shape index (κ3) is 5.59. The van der Waals surface area contributed by atoms with Crippen molar-refractivity contribution in [3.05, 3.63) is 35.4 Å². The van der Waals surface area contributed by atoms with Gasteiger partial charge < -0.3 is 19.5 Å². The van der Waals surface area contributed by atoms with Crippen LogP contribution in [-0.4, -0.2) is 48.7 Å². The van der Waals surface area contributed by atoms with Gasteiger partial charge in [-0.15, -0.1) is 0 Å². The van der Waals surface area contributed by atoms with Gasteiger partial charge in [-0.3, -0.25) is 4.90 Å². The fourth-order valence-electron chi connectivity index (χ4n) is 2.99. The van der Waals surface area contributed by atoms with Crippen LogP contribution in [0.2, 0.25) is 0 Å². The Hall–Kier alpha value is -2.29. The van der Waals surface area contributed by atoms with Gasteiger partial charge in [0, 0.05) is 5.56 Å². The van der Waals surface area contributed by atoms with Crippen LogP contribution in [0.15, 0.2) is 24.3 Å². The van der Waals surface area contributed by atoms with Gasteiger partial charge in [0.25, 0.3) is 0 Å². The Morgan fingerprint density at radius 2 is 1.63 bits per heavy atom. The van der Waals surface area contributed by atoms with E-state index in [0.717, 1.165) is 24.3 Å². The van der Waals surface area contributed by atoms with Crippen molar-refractivity contribution in [2.75, 3.05) is 26.2 Å². The molecule has 1 amide bonds. The molecule has 1 aliphatic rings. The Balaban J connectivity index is 2.07. The van der Waals surface area contributed by atoms with Crippen LogP contribution in [0.1, 0.15) is 37.9 Å². The molecule has 1 aromatic carbocycles. The number of halogens is 3. The first-order chi connectivity index (χ1) is 12.4. The molecule has 0 aliphatic carbocycles. The highest BCUT2D eigenvalue weighted by atomic mass is 19.4. The second kappa shape index (κ2) is 7.75. The summed E-state index contributed by atoms with van der Waals surface area (Å²) in [6.45, 7) is 6.47. The lowest BCUT2D eigenvalue weighted by Crippen LogP contribution is -3.16. The number of rotatable bonds is 3. The molecule has 0 aromatic heterocycles. The molecule has 0 radical (unpaired) electrons. The van der Waals surface area contributed by atoms with E-state index in [9.17, 15) is 27.9 Å². The molecule has 150 valence electrons. The lowest BCUT2D eigenvalue weighted by molar-refractivity contribution is -0.928. The highest BCUT2D eigenvalue weighted by Crippen LogP contribution is 2.29. The van der Waals surface area contributed by atoms with E-state index in [1.54, 1.807) is 20.8 Å². The molecule has 0 spiro atoms. The third-order valence-corrected chi connectivity index (χ3v) is 4.27. The summed E-state index contributed by atoms with van der Waals surface area (Å²) in [7, 11) is 0. The molecule has 0 bridgehead atoms. The number of carbonyl (C=O) groups excluding carboxylic acids is 2. The second-order valence-corrected chi connectivity index (χ2v) is 7.50. The lowest BCUT2D eigenvalue weighted by Gasteiger charge is -2.37. The molecule has 1 aromatic rings. The molecule has 2 rings (SSSR count). The fourth-order valence-corrected chi connectivity index (χ4v) is 2.99. The largest absolute Gasteiger partial charge is 0.544 e. The minimum absolute atomic E-state index is 0.240. The zero-order valence-corrected chi connectivity index (χ0v) is 15.4. The molecule has 1 atom stereocenters. The Morgan fingerprint density at radius 3 is 2.04 bits per heavy atom. The molecule has 1 saturated heterocycles. The summed E-state index contributed by atoms with van der Waals surface area (Å²) >= 11 is 0. The topological polar surface area (TPSA) is 74.1 Å². The number of nitrogens with one attached hydrogen (secondary N) is 1. The van der Waals surface area contributed by atoms with Crippen LogP contribution in [0.5, 0.6) is 0 Å². The minimum Gasteiger partial charge on any atom is -0.544 e. The Morgan fingerprint density at radius 1 is 1.11 bits per heavy atom. The van der Waals surface area contributed by atoms with E-state index in [2.05, 4.69) is 0 Å². The maximum Gasteiger partial charge on any atom is 0.416 e. The first kappa shape index (κ1) is 21.0. The molecule has 1 fully saturated rings. The number of amides is 1. The van der Waals surface area contributed by atoms with Crippen molar-refractivity contribution in [1.82, 2.24) is 4.90 Å². The van der Waals surface area contributed by atoms with Crippen molar-refractivity contribution in [2.45, 2.75) is 38.6 Å². The number of aliphatic carboxylic acids is 1. The van der Waals surface area contributed by atoms with Crippen molar-refractivity contribution < 1.29 is 37.5 Å². The van der Waals surface area contributed by atoms with E-state index in [1.165, 1.54) is 4.90 Å². The predicted octanol–water partition coefficient (Wildman–Crippen LogP) is 0.632. The standard InChI is InChI=1S/C18H23F3N2O4/c1-17(2,3)27-16(26)23-10-8-22(9-11-23)14(15(24)25)12-4-6-13(7-5-12)18(19,20)21/h4-7,14H,8-11H2,1-3H3,(H,24,25)/t14-/m1/s1. The van der Waals surface area contributed by atoms with Crippen LogP contribution in [0.25, 0.3) is 0 Å². The zero-order chi connectivity index (χ0) is 20.4. The molecular formula is C18H23F3N2O4. The highest BCUT2D eigenvalue weighted by Gasteiger charge is 2.34. The molecule has 0 unspecified atom stereocenters. The number of benzene rings is 1. The van der Waals surface area contributed by atoms with Gasteiger partial charge in [0.15, 0.2) is 6.04 Å². The average molecular weight is 388 g/mol. The van der Waals surface area contributed by atoms with Crippen LogP contribution in [0.4, 0.5) is 18.0 Å². The van der Waals surface area contributed by atoms with Gasteiger partial charge in [0.05, 0.1) is 31.7 Å². The molecule has 27 heavy (non-hydrogen) atoms. The number of carbonyl (C=O) groups is 2. The Labute approximate surface area is 155 Å². The minimum atomic E-state index is -4.48. The fraction of sp³-hybridized carbons (Fsp3) is 0.556. The van der Waals surface area contributed by atoms with Crippen LogP contribution in [0.3, 0.4) is 0 Å². The number of ether oxygens (including phenoxy) is 1. The maximum atomic E-state index is 12.7. The first-order valence-corrected chi connectivity index (χ1v) is 8.59. The van der Waals surface area contributed by atoms with Crippen molar-refractivity contribution in [3.8, 4) is 0 Å². The number of carboxylic acids is 1. The summed E-state index contributed by atoms with van der Waals surface area (Å²) in [4.78, 5) is 25.8. The average Bonchev–Trinajstić information content (AvgIpc) is 2.53. The van der Waals surface area contributed by atoms with E-state index in [0.29, 0.717) is 18.0 Å². The number of hydrogen-bond acceptors (Lipinski definition) is 4. The number of alkyl halides is 3. The normalized spacial score (nSPS) is 17.5. The van der Waals surface area contributed by atoms with Crippen molar-refractivity contribution in [3.63, 3.8) is 0 Å². The number of nitrogens with zero attached hydrogens (tertiary/aromatic N) is 1. The molecule has 0 saturated carbocycles. The maximum absolute atomic E-state index is 12.7. The second-order valence-electron chi connectivity index (χ2n) is 7.50. The number of hydrogen-bond donors (Lipinski definition) is 1. The molecule has 1 N–H and O–H groups in total. The van der Waals surface area contributed by atoms with E-state index in [1.807, 2.05) is 0 Å². The summed E-state index contributed by atoms with van der Waals surface area (Å²) < 4.78 is 43.4. The SMILES string of the molecule is CC(C)(C)OC(=O)N1CC[NH+]([C@@H](C(=O)[O-])c2ccc(C(F)(F)F)cc2)CC1. The number of quaternary nitrogens is 1. The van der Waals surface area contributed by atoms with Crippen molar-refractivity contribution in [1.29, 1.82) is 0 Å². The van der Waals surface area contributed by atoms with Crippen LogP contribution < -0.4 is 10.0 Å². The van der Waals surface area contributed by atoms with Gasteiger partial charge >= 0.3 is 12.3 Å². The van der Waals surface area contributed by atoms with Gasteiger partial charge in [-0.25, -0.2) is 4.79 Å². The van der Waals surface area contributed by atoms with Gasteiger partial charge in [-0.05, 0) is 32.9 Å². The monoisotopic (exact) mass is 388 g/mol. The Bertz CT molecular complexity index is 675. The number of carboxylic acid groups (broad SMARTS) is 1. The van der Waals surface area contributed by atoms with Gasteiger partial charge in [-0.1, -0.05) is 12.1 Å². The van der Waals surface area contributed by atoms with E-state index in [-0.39, 0.29) is 18.7 Å². The smallest absolute Gasteiger partial charge is 0.416 e. The van der Waals surface area contributed by atoms with E-state index < -0.39 is 35.4 Å². The van der Waals surface area contributed by atoms with Gasteiger partial charge in [-0.2, -0.15) is 13.2 Å².